The van der Waals surface area contributed by atoms with Crippen molar-refractivity contribution in [3.8, 4) is 5.75 Å². The zero-order valence-electron chi connectivity index (χ0n) is 10.3. The van der Waals surface area contributed by atoms with Crippen LogP contribution in [0.1, 0.15) is 49.3 Å². The van der Waals surface area contributed by atoms with Gasteiger partial charge in [-0.05, 0) is 67.8 Å². The van der Waals surface area contributed by atoms with Gasteiger partial charge in [0.1, 0.15) is 5.75 Å². The van der Waals surface area contributed by atoms with Crippen molar-refractivity contribution < 1.29 is 5.11 Å². The summed E-state index contributed by atoms with van der Waals surface area (Å²) in [4.78, 5) is 0. The highest BCUT2D eigenvalue weighted by atomic mass is 16.3. The molecular weight excluding hydrogens is 210 g/mol. The molecule has 0 amide bonds. The first-order chi connectivity index (χ1) is 8.33. The minimum absolute atomic E-state index is 0.406. The molecule has 1 unspecified atom stereocenters. The summed E-state index contributed by atoms with van der Waals surface area (Å²) in [6.45, 7) is 1.17. The molecule has 2 heteroatoms. The van der Waals surface area contributed by atoms with Gasteiger partial charge in [-0.2, -0.15) is 0 Å². The highest BCUT2D eigenvalue weighted by Gasteiger charge is 2.23. The molecule has 1 fully saturated rings. The van der Waals surface area contributed by atoms with E-state index in [0.717, 1.165) is 12.3 Å². The van der Waals surface area contributed by atoms with Crippen LogP contribution in [-0.4, -0.2) is 11.7 Å². The number of nitrogens with one attached hydrogen (secondary N) is 1. The summed E-state index contributed by atoms with van der Waals surface area (Å²) in [5, 5.41) is 13.2. The number of aryl methyl sites for hydroxylation is 1. The second kappa shape index (κ2) is 4.69. The number of benzene rings is 1. The van der Waals surface area contributed by atoms with E-state index in [9.17, 15) is 5.11 Å². The topological polar surface area (TPSA) is 32.3 Å². The lowest BCUT2D eigenvalue weighted by Gasteiger charge is -2.31. The number of hydrogen-bond donors (Lipinski definition) is 2. The van der Waals surface area contributed by atoms with Gasteiger partial charge in [-0.15, -0.1) is 0 Å². The van der Waals surface area contributed by atoms with Gasteiger partial charge < -0.3 is 10.4 Å². The minimum atomic E-state index is 0.406. The lowest BCUT2D eigenvalue weighted by Crippen LogP contribution is -2.32. The van der Waals surface area contributed by atoms with Crippen LogP contribution in [0, 0.1) is 5.92 Å². The molecule has 2 N–H and O–H groups in total. The molecule has 0 aliphatic heterocycles. The van der Waals surface area contributed by atoms with Crippen LogP contribution in [0.5, 0.6) is 5.75 Å². The molecule has 1 aromatic carbocycles. The van der Waals surface area contributed by atoms with E-state index in [2.05, 4.69) is 11.4 Å². The molecule has 1 saturated carbocycles. The van der Waals surface area contributed by atoms with E-state index in [1.54, 1.807) is 0 Å². The molecule has 0 bridgehead atoms. The van der Waals surface area contributed by atoms with Crippen molar-refractivity contribution in [3.05, 3.63) is 29.3 Å². The van der Waals surface area contributed by atoms with Crippen LogP contribution in [-0.2, 0) is 6.42 Å². The quantitative estimate of drug-likeness (QED) is 0.837. The summed E-state index contributed by atoms with van der Waals surface area (Å²) in [5.74, 6) is 1.32. The first-order valence-electron chi connectivity index (χ1n) is 6.88. The highest BCUT2D eigenvalue weighted by Crippen LogP contribution is 2.33. The van der Waals surface area contributed by atoms with Gasteiger partial charge in [0.2, 0.25) is 0 Å². The Hall–Kier alpha value is -1.02. The Morgan fingerprint density at radius 3 is 2.82 bits per heavy atom. The van der Waals surface area contributed by atoms with Crippen molar-refractivity contribution in [3.63, 3.8) is 0 Å². The molecule has 3 rings (SSSR count). The van der Waals surface area contributed by atoms with Crippen LogP contribution in [0.3, 0.4) is 0 Å². The summed E-state index contributed by atoms with van der Waals surface area (Å²) in [6.07, 6.45) is 7.82. The number of phenols is 1. The maximum Gasteiger partial charge on any atom is 0.115 e. The van der Waals surface area contributed by atoms with E-state index in [1.807, 2.05) is 12.1 Å². The molecule has 0 spiro atoms. The van der Waals surface area contributed by atoms with Crippen LogP contribution < -0.4 is 5.32 Å². The van der Waals surface area contributed by atoms with Crippen LogP contribution in [0.25, 0.3) is 0 Å². The molecule has 92 valence electrons. The van der Waals surface area contributed by atoms with E-state index in [1.165, 1.54) is 49.8 Å². The Balaban J connectivity index is 1.69. The Labute approximate surface area is 103 Å². The van der Waals surface area contributed by atoms with Gasteiger partial charge in [0.05, 0.1) is 0 Å². The van der Waals surface area contributed by atoms with Gasteiger partial charge >= 0.3 is 0 Å². The first kappa shape index (κ1) is 11.1. The SMILES string of the molecule is Oc1ccc2c(c1)CCCC2NCC1CCC1. The monoisotopic (exact) mass is 231 g/mol. The maximum atomic E-state index is 9.52. The number of aromatic hydroxyl groups is 1. The number of fused-ring (bicyclic) bond motifs is 1. The van der Waals surface area contributed by atoms with E-state index in [-0.39, 0.29) is 0 Å². The average Bonchev–Trinajstić information content (AvgIpc) is 2.26. The van der Waals surface area contributed by atoms with Gasteiger partial charge in [-0.25, -0.2) is 0 Å². The lowest BCUT2D eigenvalue weighted by molar-refractivity contribution is 0.283. The fourth-order valence-corrected chi connectivity index (χ4v) is 3.02. The van der Waals surface area contributed by atoms with Gasteiger partial charge in [-0.3, -0.25) is 0 Å². The summed E-state index contributed by atoms with van der Waals surface area (Å²) in [5.41, 5.74) is 2.75. The minimum Gasteiger partial charge on any atom is -0.508 e. The summed E-state index contributed by atoms with van der Waals surface area (Å²) < 4.78 is 0. The third kappa shape index (κ3) is 2.32. The van der Waals surface area contributed by atoms with Gasteiger partial charge in [-0.1, -0.05) is 12.5 Å². The second-order valence-corrected chi connectivity index (χ2v) is 5.53. The fourth-order valence-electron chi connectivity index (χ4n) is 3.02. The van der Waals surface area contributed by atoms with Crippen LogP contribution in [0.2, 0.25) is 0 Å². The molecule has 2 aliphatic rings. The zero-order chi connectivity index (χ0) is 11.7. The summed E-state index contributed by atoms with van der Waals surface area (Å²) >= 11 is 0. The molecule has 0 aromatic heterocycles. The van der Waals surface area contributed by atoms with E-state index >= 15 is 0 Å². The molecule has 1 aromatic rings. The third-order valence-corrected chi connectivity index (χ3v) is 4.32. The molecule has 2 aliphatic carbocycles. The van der Waals surface area contributed by atoms with Crippen molar-refractivity contribution >= 4 is 0 Å². The normalized spacial score (nSPS) is 24.1. The van der Waals surface area contributed by atoms with Crippen molar-refractivity contribution in [2.75, 3.05) is 6.54 Å². The number of rotatable bonds is 3. The van der Waals surface area contributed by atoms with Crippen molar-refractivity contribution in [2.24, 2.45) is 5.92 Å². The zero-order valence-corrected chi connectivity index (χ0v) is 10.3. The summed E-state index contributed by atoms with van der Waals surface area (Å²) in [7, 11) is 0. The molecule has 0 radical (unpaired) electrons. The van der Waals surface area contributed by atoms with Crippen LogP contribution in [0.4, 0.5) is 0 Å². The maximum absolute atomic E-state index is 9.52. The number of hydrogen-bond acceptors (Lipinski definition) is 2. The predicted molar refractivity (Wildman–Crippen MR) is 69.1 cm³/mol. The average molecular weight is 231 g/mol. The highest BCUT2D eigenvalue weighted by molar-refractivity contribution is 5.38. The van der Waals surface area contributed by atoms with Crippen LogP contribution in [0.15, 0.2) is 18.2 Å². The van der Waals surface area contributed by atoms with Crippen molar-refractivity contribution in [2.45, 2.75) is 44.6 Å². The predicted octanol–water partition coefficient (Wildman–Crippen LogP) is 3.16. The molecule has 0 saturated heterocycles. The molecule has 17 heavy (non-hydrogen) atoms. The Bertz CT molecular complexity index is 398. The lowest BCUT2D eigenvalue weighted by atomic mass is 9.83. The molecule has 0 heterocycles. The third-order valence-electron chi connectivity index (χ3n) is 4.32. The first-order valence-corrected chi connectivity index (χ1v) is 6.88. The van der Waals surface area contributed by atoms with Gasteiger partial charge in [0.25, 0.3) is 0 Å². The Kier molecular flexibility index (Phi) is 3.06. The Morgan fingerprint density at radius 1 is 1.18 bits per heavy atom. The Morgan fingerprint density at radius 2 is 2.06 bits per heavy atom. The van der Waals surface area contributed by atoms with Crippen LogP contribution >= 0.6 is 0 Å². The van der Waals surface area contributed by atoms with Gasteiger partial charge in [0, 0.05) is 6.04 Å². The van der Waals surface area contributed by atoms with Crippen molar-refractivity contribution in [1.82, 2.24) is 5.32 Å². The standard InChI is InChI=1S/C15H21NO/c17-13-7-8-14-12(9-13)5-2-6-15(14)16-10-11-3-1-4-11/h7-9,11,15-17H,1-6,10H2. The second-order valence-electron chi connectivity index (χ2n) is 5.53. The van der Waals surface area contributed by atoms with E-state index < -0.39 is 0 Å². The van der Waals surface area contributed by atoms with Gasteiger partial charge in [0.15, 0.2) is 0 Å². The molecular formula is C15H21NO. The molecule has 2 nitrogen and oxygen atoms in total. The van der Waals surface area contributed by atoms with E-state index in [0.29, 0.717) is 11.8 Å². The largest absolute Gasteiger partial charge is 0.508 e. The molecule has 1 atom stereocenters. The fraction of sp³-hybridized carbons (Fsp3) is 0.600. The van der Waals surface area contributed by atoms with E-state index in [4.69, 9.17) is 0 Å². The smallest absolute Gasteiger partial charge is 0.115 e. The summed E-state index contributed by atoms with van der Waals surface area (Å²) in [6, 6.07) is 6.37. The van der Waals surface area contributed by atoms with Crippen molar-refractivity contribution in [1.29, 1.82) is 0 Å². The number of phenolic OH excluding ortho intramolecular Hbond substituents is 1.